The molecule has 42 heavy (non-hydrogen) atoms. The summed E-state index contributed by atoms with van der Waals surface area (Å²) < 4.78 is 17.5. The van der Waals surface area contributed by atoms with Crippen molar-refractivity contribution >= 4 is 24.2 Å². The Labute approximate surface area is 263 Å². The summed E-state index contributed by atoms with van der Waals surface area (Å²) in [6.07, 6.45) is 13.9. The molecule has 2 unspecified atom stereocenters. The first-order chi connectivity index (χ1) is 19.9. The van der Waals surface area contributed by atoms with E-state index in [9.17, 15) is 4.21 Å². The molecule has 1 N–H and O–H groups in total. The number of hydrogen-bond donors (Lipinski definition) is 1. The summed E-state index contributed by atoms with van der Waals surface area (Å²) in [6.45, 7) is 20.3. The predicted octanol–water partition coefficient (Wildman–Crippen LogP) is 11.0. The monoisotopic (exact) mass is 609 g/mol. The molecule has 4 rings (SSSR count). The molecule has 0 bridgehead atoms. The first kappa shape index (κ1) is 33.9. The lowest BCUT2D eigenvalue weighted by atomic mass is 9.80. The zero-order valence-electron chi connectivity index (χ0n) is 28.3. The maximum Gasteiger partial charge on any atom is 0.0979 e. The Morgan fingerprint density at radius 3 is 1.62 bits per heavy atom. The van der Waals surface area contributed by atoms with Crippen molar-refractivity contribution in [2.45, 2.75) is 166 Å². The van der Waals surface area contributed by atoms with Crippen LogP contribution in [0.25, 0.3) is 0 Å². The average molecular weight is 610 g/mol. The molecule has 2 nitrogen and oxygen atoms in total. The Morgan fingerprint density at radius 1 is 0.714 bits per heavy atom. The molecule has 2 aliphatic rings. The van der Waals surface area contributed by atoms with Crippen molar-refractivity contribution in [3.8, 4) is 0 Å². The third-order valence-electron chi connectivity index (χ3n) is 9.71. The smallest absolute Gasteiger partial charge is 0.0979 e. The Bertz CT molecular complexity index is 1140. The molecule has 2 saturated carbocycles. The zero-order chi connectivity index (χ0) is 30.6. The molecule has 0 saturated heterocycles. The van der Waals surface area contributed by atoms with Crippen LogP contribution in [0.5, 0.6) is 0 Å². The van der Waals surface area contributed by atoms with Gasteiger partial charge in [0, 0.05) is 0 Å². The molecule has 4 heteroatoms. The molecule has 0 aliphatic heterocycles. The van der Waals surface area contributed by atoms with Crippen LogP contribution in [0.15, 0.2) is 36.4 Å². The van der Waals surface area contributed by atoms with Crippen LogP contribution < -0.4 is 10.0 Å². The van der Waals surface area contributed by atoms with Crippen molar-refractivity contribution < 1.29 is 4.21 Å². The summed E-state index contributed by atoms with van der Waals surface area (Å²) in [4.78, 5) is 0. The molecular formula is C38H60NOPS. The Balaban J connectivity index is 1.98. The fourth-order valence-corrected chi connectivity index (χ4v) is 12.1. The SMILES string of the molecule is CC(C)c1cc(C(C)C)c(C(NS(=O)C(C)(C)C)c2ccccc2P(C2CCCCC2)C2CCCCC2)c(C(C)C)c1. The van der Waals surface area contributed by atoms with Crippen molar-refractivity contribution in [2.75, 3.05) is 0 Å². The van der Waals surface area contributed by atoms with Crippen LogP contribution in [-0.2, 0) is 11.0 Å². The van der Waals surface area contributed by atoms with E-state index in [1.165, 1.54) is 92.0 Å². The van der Waals surface area contributed by atoms with Crippen molar-refractivity contribution in [3.05, 3.63) is 64.2 Å². The standard InChI is InChI=1S/C38H60NOPS/c1-26(2)29-24-33(27(3)4)36(34(25-29)28(5)6)37(39-42(40)38(7,8)9)32-22-16-17-23-35(32)41(30-18-12-10-13-19-30)31-20-14-11-15-21-31/h16-17,22-28,30-31,37,39H,10-15,18-21H2,1-9H3. The molecule has 0 radical (unpaired) electrons. The molecule has 0 amide bonds. The highest BCUT2D eigenvalue weighted by Crippen LogP contribution is 2.56. The van der Waals surface area contributed by atoms with Gasteiger partial charge in [0.15, 0.2) is 0 Å². The van der Waals surface area contributed by atoms with Crippen LogP contribution in [0.2, 0.25) is 0 Å². The van der Waals surface area contributed by atoms with Gasteiger partial charge in [0.1, 0.15) is 0 Å². The quantitative estimate of drug-likeness (QED) is 0.267. The fourth-order valence-electron chi connectivity index (χ4n) is 7.28. The van der Waals surface area contributed by atoms with Crippen LogP contribution in [0.1, 0.15) is 178 Å². The number of rotatable bonds is 10. The highest BCUT2D eigenvalue weighted by atomic mass is 32.2. The van der Waals surface area contributed by atoms with Gasteiger partial charge in [-0.1, -0.05) is 124 Å². The highest BCUT2D eigenvalue weighted by Gasteiger charge is 2.37. The topological polar surface area (TPSA) is 29.1 Å². The lowest BCUT2D eigenvalue weighted by Crippen LogP contribution is -2.39. The van der Waals surface area contributed by atoms with Gasteiger partial charge in [-0.05, 0) is 109 Å². The van der Waals surface area contributed by atoms with E-state index < -0.39 is 11.0 Å². The minimum Gasteiger partial charge on any atom is -0.242 e. The first-order valence-electron chi connectivity index (χ1n) is 17.1. The fraction of sp³-hybridized carbons (Fsp3) is 0.684. The van der Waals surface area contributed by atoms with Gasteiger partial charge in [-0.25, -0.2) is 8.93 Å². The maximum absolute atomic E-state index is 14.0. The van der Waals surface area contributed by atoms with E-state index in [0.29, 0.717) is 17.8 Å². The van der Waals surface area contributed by atoms with E-state index >= 15 is 0 Å². The minimum atomic E-state index is -1.20. The van der Waals surface area contributed by atoms with Crippen molar-refractivity contribution in [3.63, 3.8) is 0 Å². The summed E-state index contributed by atoms with van der Waals surface area (Å²) in [7, 11) is -1.49. The molecule has 2 aromatic rings. The van der Waals surface area contributed by atoms with Crippen LogP contribution in [0, 0.1) is 0 Å². The third-order valence-corrected chi connectivity index (χ3v) is 14.8. The van der Waals surface area contributed by atoms with Crippen LogP contribution >= 0.6 is 7.92 Å². The predicted molar refractivity (Wildman–Crippen MR) is 188 cm³/mol. The van der Waals surface area contributed by atoms with Gasteiger partial charge in [-0.15, -0.1) is 0 Å². The normalized spacial score (nSPS) is 19.3. The van der Waals surface area contributed by atoms with E-state index in [1.54, 1.807) is 5.30 Å². The van der Waals surface area contributed by atoms with Crippen molar-refractivity contribution in [1.82, 2.24) is 4.72 Å². The summed E-state index contributed by atoms with van der Waals surface area (Å²) in [5.41, 5.74) is 8.69. The molecule has 0 aromatic heterocycles. The molecule has 0 spiro atoms. The second-order valence-electron chi connectivity index (χ2n) is 15.1. The van der Waals surface area contributed by atoms with E-state index in [4.69, 9.17) is 0 Å². The Morgan fingerprint density at radius 2 is 1.19 bits per heavy atom. The van der Waals surface area contributed by atoms with E-state index in [-0.39, 0.29) is 18.7 Å². The third kappa shape index (κ3) is 7.97. The molecule has 0 heterocycles. The van der Waals surface area contributed by atoms with Gasteiger partial charge in [0.25, 0.3) is 0 Å². The van der Waals surface area contributed by atoms with Gasteiger partial charge in [0.2, 0.25) is 0 Å². The molecule has 2 atom stereocenters. The minimum absolute atomic E-state index is 0.0885. The van der Waals surface area contributed by atoms with Gasteiger partial charge in [-0.2, -0.15) is 0 Å². The first-order valence-corrected chi connectivity index (χ1v) is 19.8. The highest BCUT2D eigenvalue weighted by molar-refractivity contribution is 7.84. The molecule has 2 fully saturated rings. The number of nitrogens with one attached hydrogen (secondary N) is 1. The van der Waals surface area contributed by atoms with Crippen molar-refractivity contribution in [2.24, 2.45) is 0 Å². The molecule has 2 aliphatic carbocycles. The maximum atomic E-state index is 14.0. The van der Waals surface area contributed by atoms with Gasteiger partial charge in [-0.3, -0.25) is 0 Å². The lowest BCUT2D eigenvalue weighted by molar-refractivity contribution is 0.487. The summed E-state index contributed by atoms with van der Waals surface area (Å²) in [6, 6.07) is 14.3. The van der Waals surface area contributed by atoms with Gasteiger partial charge in [0.05, 0.1) is 21.8 Å². The van der Waals surface area contributed by atoms with Crippen LogP contribution in [-0.4, -0.2) is 20.3 Å². The number of benzene rings is 2. The number of hydrogen-bond acceptors (Lipinski definition) is 1. The van der Waals surface area contributed by atoms with Crippen LogP contribution in [0.4, 0.5) is 0 Å². The van der Waals surface area contributed by atoms with E-state index in [2.05, 4.69) is 103 Å². The summed E-state index contributed by atoms with van der Waals surface area (Å²) in [5, 5.41) is 1.60. The summed E-state index contributed by atoms with van der Waals surface area (Å²) in [5.74, 6) is 1.24. The average Bonchev–Trinajstić information content (AvgIpc) is 2.96. The second kappa shape index (κ2) is 14.8. The lowest BCUT2D eigenvalue weighted by Gasteiger charge is -2.41. The Hall–Kier alpha value is -1.02. The van der Waals surface area contributed by atoms with Crippen molar-refractivity contribution in [1.29, 1.82) is 0 Å². The second-order valence-corrected chi connectivity index (χ2v) is 19.8. The molecule has 2 aromatic carbocycles. The zero-order valence-corrected chi connectivity index (χ0v) is 30.0. The molecular weight excluding hydrogens is 549 g/mol. The molecule has 234 valence electrons. The van der Waals surface area contributed by atoms with Gasteiger partial charge < -0.3 is 0 Å². The van der Waals surface area contributed by atoms with E-state index in [0.717, 1.165) is 11.3 Å². The Kier molecular flexibility index (Phi) is 12.0. The van der Waals surface area contributed by atoms with Gasteiger partial charge >= 0.3 is 0 Å². The largest absolute Gasteiger partial charge is 0.242 e. The van der Waals surface area contributed by atoms with Crippen LogP contribution in [0.3, 0.4) is 0 Å². The summed E-state index contributed by atoms with van der Waals surface area (Å²) >= 11 is 0. The van der Waals surface area contributed by atoms with E-state index in [1.807, 2.05) is 0 Å².